The van der Waals surface area contributed by atoms with E-state index in [1.54, 1.807) is 12.3 Å². The molecule has 0 aromatic heterocycles. The number of hydrogen-bond acceptors (Lipinski definition) is 9. The molecule has 5 fully saturated rings. The van der Waals surface area contributed by atoms with Crippen molar-refractivity contribution in [2.75, 3.05) is 26.7 Å². The summed E-state index contributed by atoms with van der Waals surface area (Å²) in [5.74, 6) is -0.885. The van der Waals surface area contributed by atoms with E-state index < -0.39 is 42.2 Å². The van der Waals surface area contributed by atoms with Crippen LogP contribution in [0.2, 0.25) is 0 Å². The number of carbonyl (C=O) groups excluding carboxylic acids is 2. The monoisotopic (exact) mass is 639 g/mol. The molecule has 11 unspecified atom stereocenters. The lowest BCUT2D eigenvalue weighted by molar-refractivity contribution is -0.211. The number of ether oxygens (including phenoxy) is 1. The van der Waals surface area contributed by atoms with Crippen LogP contribution in [0.4, 0.5) is 4.39 Å². The Hall–Kier alpha value is -2.73. The van der Waals surface area contributed by atoms with Crippen LogP contribution in [0.25, 0.3) is 0 Å². The fourth-order valence-corrected chi connectivity index (χ4v) is 9.69. The molecule has 6 N–H and O–H groups in total. The van der Waals surface area contributed by atoms with Crippen LogP contribution in [0.3, 0.4) is 0 Å². The second kappa shape index (κ2) is 13.1. The summed E-state index contributed by atoms with van der Waals surface area (Å²) in [6, 6.07) is 2.80. The van der Waals surface area contributed by atoms with Crippen LogP contribution in [0.1, 0.15) is 63.4 Å². The molecule has 2 saturated heterocycles. The number of benzene rings is 1. The fourth-order valence-electron chi connectivity index (χ4n) is 9.69. The van der Waals surface area contributed by atoms with Crippen molar-refractivity contribution in [3.05, 3.63) is 35.5 Å². The number of nitrogens with one attached hydrogen (secondary N) is 2. The molecule has 1 aromatic rings. The van der Waals surface area contributed by atoms with Crippen LogP contribution < -0.4 is 16.4 Å². The molecule has 6 aliphatic rings. The number of carbonyl (C=O) groups is 2. The maximum Gasteiger partial charge on any atom is 0.256 e. The summed E-state index contributed by atoms with van der Waals surface area (Å²) in [4.78, 5) is 32.2. The van der Waals surface area contributed by atoms with Gasteiger partial charge in [0, 0.05) is 24.8 Å². The Morgan fingerprint density at radius 3 is 2.61 bits per heavy atom. The van der Waals surface area contributed by atoms with Gasteiger partial charge in [-0.15, -0.1) is 0 Å². The van der Waals surface area contributed by atoms with Crippen molar-refractivity contribution in [3.8, 4) is 11.5 Å². The number of aromatic hydroxyl groups is 2. The average molecular weight is 640 g/mol. The van der Waals surface area contributed by atoms with Crippen molar-refractivity contribution in [1.29, 1.82) is 0 Å². The van der Waals surface area contributed by atoms with E-state index in [2.05, 4.69) is 27.5 Å². The SMILES string of the molecule is CN1CCCC1CCNC(=O)C1=CN2C3CC4CCCCC4CC3OC3C(NCCc4ccc(O)c(O)c4)C(F)C(N)C(C1=O)C32. The van der Waals surface area contributed by atoms with Gasteiger partial charge in [0.25, 0.3) is 5.91 Å². The molecule has 3 saturated carbocycles. The van der Waals surface area contributed by atoms with E-state index in [1.807, 2.05) is 0 Å². The van der Waals surface area contributed by atoms with Crippen molar-refractivity contribution in [3.63, 3.8) is 0 Å². The van der Waals surface area contributed by atoms with Crippen LogP contribution >= 0.6 is 0 Å². The lowest BCUT2D eigenvalue weighted by atomic mass is 9.64. The summed E-state index contributed by atoms with van der Waals surface area (Å²) in [7, 11) is 2.11. The number of nitrogens with zero attached hydrogens (tertiary/aromatic N) is 2. The minimum atomic E-state index is -1.56. The quantitative estimate of drug-likeness (QED) is 0.214. The van der Waals surface area contributed by atoms with Gasteiger partial charge in [-0.25, -0.2) is 4.39 Å². The number of hydrogen-bond donors (Lipinski definition) is 5. The molecule has 0 radical (unpaired) electrons. The summed E-state index contributed by atoms with van der Waals surface area (Å²) in [5, 5.41) is 26.0. The molecule has 1 aromatic carbocycles. The molecule has 46 heavy (non-hydrogen) atoms. The van der Waals surface area contributed by atoms with Gasteiger partial charge in [-0.2, -0.15) is 0 Å². The Morgan fingerprint density at radius 2 is 1.87 bits per heavy atom. The lowest BCUT2D eigenvalue weighted by Gasteiger charge is -2.62. The molecule has 11 heteroatoms. The van der Waals surface area contributed by atoms with E-state index >= 15 is 4.39 Å². The van der Waals surface area contributed by atoms with Gasteiger partial charge < -0.3 is 41.1 Å². The van der Waals surface area contributed by atoms with Crippen molar-refractivity contribution < 1.29 is 28.9 Å². The number of fused-ring (bicyclic) bond motifs is 3. The molecule has 10 nitrogen and oxygen atoms in total. The molecular weight excluding hydrogens is 589 g/mol. The first kappa shape index (κ1) is 31.8. The molecule has 1 amide bonds. The highest BCUT2D eigenvalue weighted by Crippen LogP contribution is 2.50. The molecule has 3 aliphatic heterocycles. The number of Topliss-reactive ketones (excluding diaryl/α,β-unsaturated/α-hetero) is 1. The third-order valence-corrected chi connectivity index (χ3v) is 12.2. The van der Waals surface area contributed by atoms with E-state index in [9.17, 15) is 19.8 Å². The lowest BCUT2D eigenvalue weighted by Crippen LogP contribution is -2.77. The van der Waals surface area contributed by atoms with Crippen molar-refractivity contribution in [1.82, 2.24) is 20.4 Å². The summed E-state index contributed by atoms with van der Waals surface area (Å²) < 4.78 is 23.3. The zero-order valence-corrected chi connectivity index (χ0v) is 26.8. The molecule has 3 aliphatic carbocycles. The number of nitrogens with two attached hydrogens (primary N) is 1. The van der Waals surface area contributed by atoms with Crippen LogP contribution in [0, 0.1) is 17.8 Å². The van der Waals surface area contributed by atoms with Crippen molar-refractivity contribution in [2.45, 2.75) is 113 Å². The molecule has 252 valence electrons. The standard InChI is InChI=1S/C35H50FN5O5/c1-40-14-4-7-22(40)11-13-39-35(45)23-18-41-24-16-20-5-2-3-6-21(20)17-27(24)46-34-31(29(36)30(37)28(32(34)41)33(23)44)38-12-10-19-8-9-25(42)26(43)15-19/h8-9,15,18,20-22,24,27-32,34,38,42-43H,2-7,10-14,16-17,37H2,1H3,(H,39,45). The number of phenolic OH excluding ortho intramolecular Hbond substituents is 2. The van der Waals surface area contributed by atoms with Gasteiger partial charge in [-0.1, -0.05) is 31.7 Å². The van der Waals surface area contributed by atoms with Gasteiger partial charge in [-0.05, 0) is 88.2 Å². The number of halogens is 1. The highest BCUT2D eigenvalue weighted by molar-refractivity contribution is 6.20. The Bertz CT molecular complexity index is 1340. The van der Waals surface area contributed by atoms with Gasteiger partial charge in [0.05, 0.1) is 41.8 Å². The summed E-state index contributed by atoms with van der Waals surface area (Å²) in [6.07, 6.45) is 9.74. The van der Waals surface area contributed by atoms with Gasteiger partial charge >= 0.3 is 0 Å². The third kappa shape index (κ3) is 5.82. The average Bonchev–Trinajstić information content (AvgIpc) is 3.46. The molecule has 11 atom stereocenters. The number of rotatable bonds is 8. The minimum Gasteiger partial charge on any atom is -0.504 e. The van der Waals surface area contributed by atoms with Crippen LogP contribution in [-0.2, 0) is 20.7 Å². The number of alkyl halides is 1. The highest BCUT2D eigenvalue weighted by Gasteiger charge is 2.62. The van der Waals surface area contributed by atoms with Crippen LogP contribution in [-0.4, -0.2) is 107 Å². The second-order valence-corrected chi connectivity index (χ2v) is 14.7. The normalized spacial score (nSPS) is 38.8. The largest absolute Gasteiger partial charge is 0.504 e. The van der Waals surface area contributed by atoms with Crippen molar-refractivity contribution in [2.24, 2.45) is 23.5 Å². The smallest absolute Gasteiger partial charge is 0.256 e. The first-order chi connectivity index (χ1) is 22.2. The van der Waals surface area contributed by atoms with Gasteiger partial charge in [0.1, 0.15) is 6.17 Å². The Kier molecular flexibility index (Phi) is 9.04. The number of morpholine rings is 1. The van der Waals surface area contributed by atoms with Gasteiger partial charge in [-0.3, -0.25) is 9.59 Å². The van der Waals surface area contributed by atoms with Crippen molar-refractivity contribution >= 4 is 11.7 Å². The van der Waals surface area contributed by atoms with Gasteiger partial charge in [0.2, 0.25) is 0 Å². The van der Waals surface area contributed by atoms with Crippen LogP contribution in [0.5, 0.6) is 11.5 Å². The topological polar surface area (TPSA) is 140 Å². The van der Waals surface area contributed by atoms with E-state index in [4.69, 9.17) is 10.5 Å². The zero-order chi connectivity index (χ0) is 32.1. The Labute approximate surface area is 270 Å². The molecule has 0 bridgehead atoms. The summed E-state index contributed by atoms with van der Waals surface area (Å²) in [5.41, 5.74) is 7.51. The predicted octanol–water partition coefficient (Wildman–Crippen LogP) is 2.37. The summed E-state index contributed by atoms with van der Waals surface area (Å²) in [6.45, 7) is 1.94. The number of amides is 1. The first-order valence-electron chi connectivity index (χ1n) is 17.5. The first-order valence-corrected chi connectivity index (χ1v) is 17.5. The Balaban J connectivity index is 1.14. The van der Waals surface area contributed by atoms with E-state index in [1.165, 1.54) is 37.8 Å². The summed E-state index contributed by atoms with van der Waals surface area (Å²) >= 11 is 0. The molecule has 0 spiro atoms. The van der Waals surface area contributed by atoms with Gasteiger partial charge in [0.15, 0.2) is 17.3 Å². The highest BCUT2D eigenvalue weighted by atomic mass is 19.1. The Morgan fingerprint density at radius 1 is 1.09 bits per heavy atom. The maximum absolute atomic E-state index is 16.4. The predicted molar refractivity (Wildman–Crippen MR) is 171 cm³/mol. The maximum atomic E-state index is 16.4. The molecule has 3 heterocycles. The minimum absolute atomic E-state index is 0.00937. The zero-order valence-electron chi connectivity index (χ0n) is 26.8. The number of likely N-dealkylation sites (tertiary alicyclic amines) is 1. The number of phenols is 2. The van der Waals surface area contributed by atoms with E-state index in [-0.39, 0.29) is 35.0 Å². The fraction of sp³-hybridized carbons (Fsp3) is 0.714. The molecule has 7 rings (SSSR count). The van der Waals surface area contributed by atoms with E-state index in [0.29, 0.717) is 37.4 Å². The second-order valence-electron chi connectivity index (χ2n) is 14.7. The third-order valence-electron chi connectivity index (χ3n) is 12.2. The molecular formula is C35H50FN5O5. The number of ketones is 1. The van der Waals surface area contributed by atoms with E-state index in [0.717, 1.165) is 44.2 Å². The van der Waals surface area contributed by atoms with Crippen LogP contribution in [0.15, 0.2) is 30.0 Å².